The van der Waals surface area contributed by atoms with Gasteiger partial charge in [-0.3, -0.25) is 13.9 Å². The van der Waals surface area contributed by atoms with Crippen LogP contribution >= 0.6 is 11.6 Å². The Labute approximate surface area is 218 Å². The van der Waals surface area contributed by atoms with Gasteiger partial charge in [0.05, 0.1) is 31.2 Å². The van der Waals surface area contributed by atoms with Crippen molar-refractivity contribution in [1.29, 1.82) is 0 Å². The van der Waals surface area contributed by atoms with Crippen molar-refractivity contribution in [2.45, 2.75) is 39.3 Å². The number of ether oxygens (including phenoxy) is 2. The molecule has 1 atom stereocenters. The number of hydrogen-bond donors (Lipinski definition) is 1. The third-order valence-electron chi connectivity index (χ3n) is 5.55. The molecular weight excluding hydrogens is 506 g/mol. The van der Waals surface area contributed by atoms with Crippen molar-refractivity contribution < 1.29 is 27.5 Å². The number of nitrogens with one attached hydrogen (secondary N) is 1. The first-order valence-corrected chi connectivity index (χ1v) is 13.8. The number of nitrogens with zero attached hydrogens (tertiary/aromatic N) is 2. The van der Waals surface area contributed by atoms with Gasteiger partial charge < -0.3 is 19.7 Å². The van der Waals surface area contributed by atoms with Gasteiger partial charge in [-0.2, -0.15) is 0 Å². The standard InChI is InChI=1S/C25H34ClN3O6S/c1-6-14-27-25(31)22(7-2)28(16-18-8-11-20(34-3)12-9-18)24(30)17-29(36(5,32)33)19-10-13-23(35-4)21(26)15-19/h8-13,15,22H,6-7,14,16-17H2,1-5H3,(H,27,31)/t22-/m0/s1. The topological polar surface area (TPSA) is 105 Å². The Morgan fingerprint density at radius 3 is 2.22 bits per heavy atom. The van der Waals surface area contributed by atoms with Crippen LogP contribution < -0.4 is 19.1 Å². The van der Waals surface area contributed by atoms with Crippen LogP contribution in [0.1, 0.15) is 32.3 Å². The normalized spacial score (nSPS) is 11.9. The summed E-state index contributed by atoms with van der Waals surface area (Å²) in [6, 6.07) is 10.8. The molecule has 0 unspecified atom stereocenters. The summed E-state index contributed by atoms with van der Waals surface area (Å²) in [5, 5.41) is 3.05. The maximum atomic E-state index is 13.6. The van der Waals surface area contributed by atoms with Gasteiger partial charge in [0.1, 0.15) is 24.1 Å². The van der Waals surface area contributed by atoms with Crippen molar-refractivity contribution in [3.63, 3.8) is 0 Å². The van der Waals surface area contributed by atoms with E-state index in [9.17, 15) is 18.0 Å². The number of carbonyl (C=O) groups excluding carboxylic acids is 2. The molecule has 0 aliphatic carbocycles. The van der Waals surface area contributed by atoms with Crippen LogP contribution in [0.15, 0.2) is 42.5 Å². The monoisotopic (exact) mass is 539 g/mol. The van der Waals surface area contributed by atoms with Gasteiger partial charge in [0.15, 0.2) is 0 Å². The van der Waals surface area contributed by atoms with Crippen molar-refractivity contribution in [1.82, 2.24) is 10.2 Å². The molecule has 9 nitrogen and oxygen atoms in total. The van der Waals surface area contributed by atoms with Gasteiger partial charge in [-0.25, -0.2) is 8.42 Å². The largest absolute Gasteiger partial charge is 0.497 e. The van der Waals surface area contributed by atoms with Crippen molar-refractivity contribution in [3.8, 4) is 11.5 Å². The lowest BCUT2D eigenvalue weighted by molar-refractivity contribution is -0.140. The highest BCUT2D eigenvalue weighted by Crippen LogP contribution is 2.30. The molecule has 36 heavy (non-hydrogen) atoms. The predicted molar refractivity (Wildman–Crippen MR) is 141 cm³/mol. The van der Waals surface area contributed by atoms with E-state index < -0.39 is 28.5 Å². The molecule has 0 fully saturated rings. The molecule has 0 bridgehead atoms. The number of rotatable bonds is 13. The van der Waals surface area contributed by atoms with Gasteiger partial charge in [-0.05, 0) is 48.7 Å². The average Bonchev–Trinajstić information content (AvgIpc) is 2.85. The SMILES string of the molecule is CCCNC(=O)[C@H](CC)N(Cc1ccc(OC)cc1)C(=O)CN(c1ccc(OC)c(Cl)c1)S(C)(=O)=O. The summed E-state index contributed by atoms with van der Waals surface area (Å²) >= 11 is 6.21. The van der Waals surface area contributed by atoms with E-state index in [1.54, 1.807) is 31.4 Å². The molecule has 0 heterocycles. The molecule has 0 radical (unpaired) electrons. The fraction of sp³-hybridized carbons (Fsp3) is 0.440. The molecule has 2 rings (SSSR count). The van der Waals surface area contributed by atoms with Crippen molar-refractivity contribution in [2.24, 2.45) is 0 Å². The van der Waals surface area contributed by atoms with Crippen LogP contribution in [0.25, 0.3) is 0 Å². The van der Waals surface area contributed by atoms with E-state index in [4.69, 9.17) is 21.1 Å². The lowest BCUT2D eigenvalue weighted by Gasteiger charge is -2.33. The van der Waals surface area contributed by atoms with Gasteiger partial charge in [-0.1, -0.05) is 37.6 Å². The highest BCUT2D eigenvalue weighted by molar-refractivity contribution is 7.92. The maximum absolute atomic E-state index is 13.6. The maximum Gasteiger partial charge on any atom is 0.244 e. The zero-order valence-corrected chi connectivity index (χ0v) is 22.9. The van der Waals surface area contributed by atoms with E-state index in [2.05, 4.69) is 5.32 Å². The summed E-state index contributed by atoms with van der Waals surface area (Å²) in [4.78, 5) is 28.0. The van der Waals surface area contributed by atoms with Crippen LogP contribution in [-0.4, -0.2) is 64.7 Å². The molecule has 11 heteroatoms. The number of carbonyl (C=O) groups is 2. The summed E-state index contributed by atoms with van der Waals surface area (Å²) < 4.78 is 36.7. The molecule has 0 aliphatic heterocycles. The van der Waals surface area contributed by atoms with Gasteiger partial charge in [0, 0.05) is 13.1 Å². The number of halogens is 1. The highest BCUT2D eigenvalue weighted by Gasteiger charge is 2.31. The second kappa shape index (κ2) is 13.4. The lowest BCUT2D eigenvalue weighted by atomic mass is 10.1. The smallest absolute Gasteiger partial charge is 0.244 e. The van der Waals surface area contributed by atoms with Crippen molar-refractivity contribution >= 4 is 39.1 Å². The van der Waals surface area contributed by atoms with Crippen LogP contribution in [0.5, 0.6) is 11.5 Å². The van der Waals surface area contributed by atoms with Crippen LogP contribution in [-0.2, 0) is 26.2 Å². The zero-order chi connectivity index (χ0) is 26.9. The van der Waals surface area contributed by atoms with Gasteiger partial charge in [-0.15, -0.1) is 0 Å². The Balaban J connectivity index is 2.44. The minimum Gasteiger partial charge on any atom is -0.497 e. The number of amides is 2. The minimum absolute atomic E-state index is 0.113. The van der Waals surface area contributed by atoms with E-state index in [1.807, 2.05) is 13.8 Å². The number of methoxy groups -OCH3 is 2. The van der Waals surface area contributed by atoms with Gasteiger partial charge in [0.2, 0.25) is 21.8 Å². The Kier molecular flexibility index (Phi) is 10.9. The lowest BCUT2D eigenvalue weighted by Crippen LogP contribution is -2.52. The third kappa shape index (κ3) is 7.76. The fourth-order valence-corrected chi connectivity index (χ4v) is 4.73. The molecule has 0 aromatic heterocycles. The summed E-state index contributed by atoms with van der Waals surface area (Å²) in [5.41, 5.74) is 0.980. The van der Waals surface area contributed by atoms with E-state index in [1.165, 1.54) is 30.2 Å². The molecule has 2 amide bonds. The molecule has 2 aromatic rings. The van der Waals surface area contributed by atoms with Crippen LogP contribution in [0.3, 0.4) is 0 Å². The first-order chi connectivity index (χ1) is 17.0. The Bertz CT molecular complexity index is 1140. The second-order valence-electron chi connectivity index (χ2n) is 8.17. The predicted octanol–water partition coefficient (Wildman–Crippen LogP) is 3.46. The number of sulfonamides is 1. The summed E-state index contributed by atoms with van der Waals surface area (Å²) in [7, 11) is -0.857. The Morgan fingerprint density at radius 2 is 1.72 bits per heavy atom. The fourth-order valence-electron chi connectivity index (χ4n) is 3.64. The van der Waals surface area contributed by atoms with E-state index in [-0.39, 0.29) is 23.2 Å². The molecule has 0 spiro atoms. The molecule has 0 aliphatic rings. The Morgan fingerprint density at radius 1 is 1.06 bits per heavy atom. The molecule has 1 N–H and O–H groups in total. The highest BCUT2D eigenvalue weighted by atomic mass is 35.5. The van der Waals surface area contributed by atoms with Gasteiger partial charge >= 0.3 is 0 Å². The second-order valence-corrected chi connectivity index (χ2v) is 10.5. The molecule has 2 aromatic carbocycles. The zero-order valence-electron chi connectivity index (χ0n) is 21.3. The third-order valence-corrected chi connectivity index (χ3v) is 6.99. The van der Waals surface area contributed by atoms with E-state index >= 15 is 0 Å². The van der Waals surface area contributed by atoms with Gasteiger partial charge in [0.25, 0.3) is 0 Å². The van der Waals surface area contributed by atoms with E-state index in [0.29, 0.717) is 24.5 Å². The molecular formula is C25H34ClN3O6S. The van der Waals surface area contributed by atoms with Crippen LogP contribution in [0.2, 0.25) is 5.02 Å². The van der Waals surface area contributed by atoms with E-state index in [0.717, 1.165) is 22.5 Å². The molecule has 0 saturated carbocycles. The summed E-state index contributed by atoms with van der Waals surface area (Å²) in [5.74, 6) is 0.213. The number of hydrogen-bond acceptors (Lipinski definition) is 6. The minimum atomic E-state index is -3.86. The van der Waals surface area contributed by atoms with Crippen molar-refractivity contribution in [2.75, 3.05) is 37.9 Å². The summed E-state index contributed by atoms with van der Waals surface area (Å²) in [6.07, 6.45) is 2.11. The number of benzene rings is 2. The summed E-state index contributed by atoms with van der Waals surface area (Å²) in [6.45, 7) is 3.82. The number of anilines is 1. The first kappa shape index (κ1) is 29.3. The first-order valence-electron chi connectivity index (χ1n) is 11.6. The van der Waals surface area contributed by atoms with Crippen LogP contribution in [0.4, 0.5) is 5.69 Å². The average molecular weight is 540 g/mol. The van der Waals surface area contributed by atoms with Crippen molar-refractivity contribution in [3.05, 3.63) is 53.1 Å². The quantitative estimate of drug-likeness (QED) is 0.418. The molecule has 0 saturated heterocycles. The van der Waals surface area contributed by atoms with Crippen LogP contribution in [0, 0.1) is 0 Å². The Hall–Kier alpha value is -2.98. The molecule has 198 valence electrons.